The third-order valence-corrected chi connectivity index (χ3v) is 4.57. The van der Waals surface area contributed by atoms with Crippen LogP contribution < -0.4 is 16.8 Å². The molecule has 0 aliphatic carbocycles. The van der Waals surface area contributed by atoms with Crippen molar-refractivity contribution in [2.45, 2.75) is 12.2 Å². The number of pyridine rings is 1. The van der Waals surface area contributed by atoms with Crippen LogP contribution in [-0.2, 0) is 6.18 Å². The van der Waals surface area contributed by atoms with Gasteiger partial charge in [-0.2, -0.15) is 13.2 Å². The molecule has 1 aliphatic rings. The summed E-state index contributed by atoms with van der Waals surface area (Å²) in [7, 11) is 0. The Labute approximate surface area is 151 Å². The number of anilines is 1. The summed E-state index contributed by atoms with van der Waals surface area (Å²) in [5.74, 6) is 0.945. The highest BCUT2D eigenvalue weighted by Gasteiger charge is 2.31. The minimum atomic E-state index is -4.31. The van der Waals surface area contributed by atoms with Gasteiger partial charge in [0, 0.05) is 45.0 Å². The van der Waals surface area contributed by atoms with E-state index >= 15 is 0 Å². The summed E-state index contributed by atoms with van der Waals surface area (Å²) in [6.07, 6.45) is -2.54. The number of nitrogens with two attached hydrogens (primary N) is 1. The average Bonchev–Trinajstić information content (AvgIpc) is 2.63. The predicted molar refractivity (Wildman–Crippen MR) is 96.3 cm³/mol. The van der Waals surface area contributed by atoms with Crippen molar-refractivity contribution >= 4 is 5.82 Å². The van der Waals surface area contributed by atoms with E-state index in [1.54, 1.807) is 6.20 Å². The molecule has 5 N–H and O–H groups in total. The van der Waals surface area contributed by atoms with E-state index in [1.165, 1.54) is 12.1 Å². The summed E-state index contributed by atoms with van der Waals surface area (Å²) in [5, 5.41) is 0. The normalized spacial score (nSPS) is 16.8. The topological polar surface area (TPSA) is 80.4 Å². The van der Waals surface area contributed by atoms with E-state index in [0.717, 1.165) is 49.7 Å². The van der Waals surface area contributed by atoms with E-state index in [1.807, 2.05) is 18.2 Å². The Morgan fingerprint density at radius 1 is 1.00 bits per heavy atom. The van der Waals surface area contributed by atoms with E-state index in [0.29, 0.717) is 6.54 Å². The van der Waals surface area contributed by atoms with Crippen LogP contribution in [0.5, 0.6) is 0 Å². The van der Waals surface area contributed by atoms with Crippen LogP contribution >= 0.6 is 0 Å². The van der Waals surface area contributed by atoms with Crippen LogP contribution in [0, 0.1) is 0 Å². The molecule has 3 rings (SSSR count). The highest BCUT2D eigenvalue weighted by Crippen LogP contribution is 2.31. The predicted octanol–water partition coefficient (Wildman–Crippen LogP) is 3.08. The highest BCUT2D eigenvalue weighted by atomic mass is 19.4. The lowest BCUT2D eigenvalue weighted by Crippen LogP contribution is -2.49. The van der Waals surface area contributed by atoms with E-state index < -0.39 is 11.7 Å². The standard InChI is InChI=1S/C18H21F3N4.H3N/c19-18(20,21)15-6-4-14(5-7-15)16(13-22)24-9-11-25(12-10-24)17-3-1-2-8-23-17;/h1-8,16H,9-13,22H2;1H3. The van der Waals surface area contributed by atoms with Crippen LogP contribution in [0.4, 0.5) is 19.0 Å². The Bertz CT molecular complexity index is 667. The van der Waals surface area contributed by atoms with Gasteiger partial charge in [0.05, 0.1) is 5.56 Å². The number of aromatic nitrogens is 1. The van der Waals surface area contributed by atoms with Gasteiger partial charge in [-0.3, -0.25) is 4.90 Å². The van der Waals surface area contributed by atoms with Gasteiger partial charge in [-0.25, -0.2) is 4.98 Å². The molecule has 1 aliphatic heterocycles. The fourth-order valence-corrected chi connectivity index (χ4v) is 3.19. The van der Waals surface area contributed by atoms with Gasteiger partial charge >= 0.3 is 6.18 Å². The lowest BCUT2D eigenvalue weighted by Gasteiger charge is -2.39. The lowest BCUT2D eigenvalue weighted by atomic mass is 10.0. The van der Waals surface area contributed by atoms with Crippen molar-refractivity contribution in [3.63, 3.8) is 0 Å². The van der Waals surface area contributed by atoms with Crippen molar-refractivity contribution in [1.29, 1.82) is 0 Å². The fourth-order valence-electron chi connectivity index (χ4n) is 3.19. The number of hydrogen-bond donors (Lipinski definition) is 2. The molecule has 1 unspecified atom stereocenters. The molecule has 26 heavy (non-hydrogen) atoms. The summed E-state index contributed by atoms with van der Waals surface area (Å²) in [6, 6.07) is 11.1. The number of halogens is 3. The van der Waals surface area contributed by atoms with Crippen molar-refractivity contribution in [2.75, 3.05) is 37.6 Å². The molecule has 2 aromatic rings. The van der Waals surface area contributed by atoms with Gasteiger partial charge in [0.1, 0.15) is 5.82 Å². The summed E-state index contributed by atoms with van der Waals surface area (Å²) >= 11 is 0. The first kappa shape index (κ1) is 20.2. The molecule has 0 bridgehead atoms. The Hall–Kier alpha value is -2.16. The monoisotopic (exact) mass is 367 g/mol. The zero-order valence-electron chi connectivity index (χ0n) is 14.5. The quantitative estimate of drug-likeness (QED) is 0.868. The van der Waals surface area contributed by atoms with Gasteiger partial charge in [0.15, 0.2) is 0 Å². The van der Waals surface area contributed by atoms with Crippen LogP contribution in [0.25, 0.3) is 0 Å². The molecule has 5 nitrogen and oxygen atoms in total. The second-order valence-corrected chi connectivity index (χ2v) is 6.08. The molecule has 2 heterocycles. The van der Waals surface area contributed by atoms with Crippen molar-refractivity contribution in [3.8, 4) is 0 Å². The summed E-state index contributed by atoms with van der Waals surface area (Å²) in [4.78, 5) is 8.79. The average molecular weight is 367 g/mol. The molecule has 1 aromatic carbocycles. The number of rotatable bonds is 4. The molecule has 1 fully saturated rings. The van der Waals surface area contributed by atoms with Crippen LogP contribution in [0.2, 0.25) is 0 Å². The van der Waals surface area contributed by atoms with Gasteiger partial charge in [0.25, 0.3) is 0 Å². The molecule has 0 radical (unpaired) electrons. The number of piperazine rings is 1. The Kier molecular flexibility index (Phi) is 6.57. The van der Waals surface area contributed by atoms with E-state index in [9.17, 15) is 13.2 Å². The number of benzene rings is 1. The third kappa shape index (κ3) is 4.51. The molecular formula is C18H24F3N5. The molecule has 1 atom stereocenters. The number of nitrogens with zero attached hydrogens (tertiary/aromatic N) is 3. The van der Waals surface area contributed by atoms with Crippen LogP contribution in [0.1, 0.15) is 17.2 Å². The van der Waals surface area contributed by atoms with Gasteiger partial charge in [-0.05, 0) is 29.8 Å². The lowest BCUT2D eigenvalue weighted by molar-refractivity contribution is -0.137. The zero-order chi connectivity index (χ0) is 17.9. The Balaban J connectivity index is 0.00000243. The van der Waals surface area contributed by atoms with Crippen molar-refractivity contribution < 1.29 is 13.2 Å². The maximum Gasteiger partial charge on any atom is 0.416 e. The van der Waals surface area contributed by atoms with Crippen LogP contribution in [-0.4, -0.2) is 42.6 Å². The third-order valence-electron chi connectivity index (χ3n) is 4.57. The van der Waals surface area contributed by atoms with Crippen LogP contribution in [0.3, 0.4) is 0 Å². The van der Waals surface area contributed by atoms with Crippen molar-refractivity contribution in [3.05, 3.63) is 59.8 Å². The minimum Gasteiger partial charge on any atom is -0.354 e. The molecule has 0 spiro atoms. The molecular weight excluding hydrogens is 343 g/mol. The van der Waals surface area contributed by atoms with Crippen LogP contribution in [0.15, 0.2) is 48.7 Å². The van der Waals surface area contributed by atoms with Gasteiger partial charge < -0.3 is 16.8 Å². The largest absolute Gasteiger partial charge is 0.416 e. The second kappa shape index (κ2) is 8.48. The Morgan fingerprint density at radius 3 is 2.15 bits per heavy atom. The SMILES string of the molecule is N.NCC(c1ccc(C(F)(F)F)cc1)N1CCN(c2ccccn2)CC1. The van der Waals surface area contributed by atoms with E-state index in [-0.39, 0.29) is 12.2 Å². The first-order valence-corrected chi connectivity index (χ1v) is 8.26. The second-order valence-electron chi connectivity index (χ2n) is 6.08. The molecule has 0 saturated carbocycles. The van der Waals surface area contributed by atoms with Gasteiger partial charge in [-0.1, -0.05) is 18.2 Å². The Morgan fingerprint density at radius 2 is 1.65 bits per heavy atom. The van der Waals surface area contributed by atoms with E-state index in [4.69, 9.17) is 5.73 Å². The number of hydrogen-bond acceptors (Lipinski definition) is 5. The van der Waals surface area contributed by atoms with Gasteiger partial charge in [-0.15, -0.1) is 0 Å². The van der Waals surface area contributed by atoms with Crippen molar-refractivity contribution in [2.24, 2.45) is 5.73 Å². The van der Waals surface area contributed by atoms with Gasteiger partial charge in [0.2, 0.25) is 0 Å². The molecule has 1 saturated heterocycles. The molecule has 0 amide bonds. The maximum atomic E-state index is 12.7. The first-order valence-electron chi connectivity index (χ1n) is 8.26. The first-order chi connectivity index (χ1) is 12.0. The minimum absolute atomic E-state index is 0. The molecule has 142 valence electrons. The summed E-state index contributed by atoms with van der Waals surface area (Å²) < 4.78 is 38.1. The fraction of sp³-hybridized carbons (Fsp3) is 0.389. The number of alkyl halides is 3. The smallest absolute Gasteiger partial charge is 0.354 e. The van der Waals surface area contributed by atoms with Crippen molar-refractivity contribution in [1.82, 2.24) is 16.0 Å². The summed E-state index contributed by atoms with van der Waals surface area (Å²) in [5.41, 5.74) is 6.10. The highest BCUT2D eigenvalue weighted by molar-refractivity contribution is 5.38. The molecule has 8 heteroatoms. The maximum absolute atomic E-state index is 12.7. The summed E-state index contributed by atoms with van der Waals surface area (Å²) in [6.45, 7) is 3.58. The molecule has 1 aromatic heterocycles. The zero-order valence-corrected chi connectivity index (χ0v) is 14.5. The van der Waals surface area contributed by atoms with E-state index in [2.05, 4.69) is 14.8 Å².